The predicted octanol–water partition coefficient (Wildman–Crippen LogP) is 0.453. The first-order valence-electron chi connectivity index (χ1n) is 4.51. The lowest BCUT2D eigenvalue weighted by Gasteiger charge is -2.25. The minimum absolute atomic E-state index is 0.134. The molecule has 13 heavy (non-hydrogen) atoms. The molecule has 3 nitrogen and oxygen atoms in total. The Hall–Kier alpha value is -0.640. The summed E-state index contributed by atoms with van der Waals surface area (Å²) >= 11 is 0. The third-order valence-corrected chi connectivity index (χ3v) is 2.25. The number of hydrogen-bond donors (Lipinski definition) is 2. The third-order valence-electron chi connectivity index (χ3n) is 2.25. The van der Waals surface area contributed by atoms with Crippen LogP contribution in [0.3, 0.4) is 0 Å². The van der Waals surface area contributed by atoms with Gasteiger partial charge in [-0.05, 0) is 6.42 Å². The van der Waals surface area contributed by atoms with Gasteiger partial charge in [-0.2, -0.15) is 0 Å². The van der Waals surface area contributed by atoms with E-state index in [1.54, 1.807) is 7.11 Å². The molecule has 0 aliphatic heterocycles. The molecule has 74 valence electrons. The Morgan fingerprint density at radius 3 is 2.92 bits per heavy atom. The fourth-order valence-electron chi connectivity index (χ4n) is 1.46. The summed E-state index contributed by atoms with van der Waals surface area (Å²) in [6.45, 7) is 0.398. The number of aliphatic hydroxyl groups excluding tert-OH is 1. The largest absolute Gasteiger partial charge is 0.391 e. The fraction of sp³-hybridized carbons (Fsp3) is 0.600. The maximum atomic E-state index is 9.78. The van der Waals surface area contributed by atoms with Gasteiger partial charge in [0.15, 0.2) is 0 Å². The van der Waals surface area contributed by atoms with Crippen LogP contribution >= 0.6 is 0 Å². The van der Waals surface area contributed by atoms with E-state index in [1.165, 1.54) is 0 Å². The molecule has 0 aromatic carbocycles. The lowest BCUT2D eigenvalue weighted by Crippen LogP contribution is -2.42. The van der Waals surface area contributed by atoms with Crippen molar-refractivity contribution in [2.75, 3.05) is 13.7 Å². The van der Waals surface area contributed by atoms with Crippen molar-refractivity contribution >= 4 is 0 Å². The third kappa shape index (κ3) is 2.95. The van der Waals surface area contributed by atoms with Gasteiger partial charge >= 0.3 is 0 Å². The molecule has 0 amide bonds. The fourth-order valence-corrected chi connectivity index (χ4v) is 1.46. The zero-order valence-corrected chi connectivity index (χ0v) is 7.89. The summed E-state index contributed by atoms with van der Waals surface area (Å²) in [5.74, 6) is 0.134. The number of rotatable bonds is 4. The zero-order chi connectivity index (χ0) is 9.68. The van der Waals surface area contributed by atoms with E-state index in [0.717, 1.165) is 6.42 Å². The molecule has 0 aromatic heterocycles. The van der Waals surface area contributed by atoms with Gasteiger partial charge in [0.2, 0.25) is 0 Å². The molecule has 0 heterocycles. The average Bonchev–Trinajstić information content (AvgIpc) is 2.18. The Balaban J connectivity index is 2.42. The van der Waals surface area contributed by atoms with Crippen LogP contribution in [0.2, 0.25) is 0 Å². The van der Waals surface area contributed by atoms with Gasteiger partial charge in [-0.15, -0.1) is 0 Å². The first-order chi connectivity index (χ1) is 6.25. The maximum Gasteiger partial charge on any atom is 0.0779 e. The molecule has 3 atom stereocenters. The van der Waals surface area contributed by atoms with Gasteiger partial charge in [-0.25, -0.2) is 0 Å². The van der Waals surface area contributed by atoms with Crippen molar-refractivity contribution in [3.05, 3.63) is 24.3 Å². The van der Waals surface area contributed by atoms with Crippen LogP contribution in [0, 0.1) is 5.92 Å². The predicted molar refractivity (Wildman–Crippen MR) is 52.2 cm³/mol. The van der Waals surface area contributed by atoms with Gasteiger partial charge in [-0.3, -0.25) is 0 Å². The number of methoxy groups -OCH3 is 1. The van der Waals surface area contributed by atoms with Gasteiger partial charge in [0.25, 0.3) is 0 Å². The highest BCUT2D eigenvalue weighted by Gasteiger charge is 2.22. The summed E-state index contributed by atoms with van der Waals surface area (Å²) in [4.78, 5) is 0. The molecule has 1 rings (SSSR count). The smallest absolute Gasteiger partial charge is 0.0779 e. The van der Waals surface area contributed by atoms with Crippen LogP contribution in [0.1, 0.15) is 6.42 Å². The topological polar surface area (TPSA) is 55.5 Å². The van der Waals surface area contributed by atoms with Gasteiger partial charge in [0.05, 0.1) is 18.8 Å². The normalized spacial score (nSPS) is 25.9. The molecule has 2 unspecified atom stereocenters. The Bertz CT molecular complexity index is 201. The standard InChI is InChI=1S/C10H17NO2/c1-13-7-9(11)10(12)8-5-3-2-4-6-8/h2-5,8-10,12H,6-7,11H2,1H3/t8?,9?,10-/m0/s1. The molecule has 1 aliphatic rings. The second-order valence-electron chi connectivity index (χ2n) is 3.32. The van der Waals surface area contributed by atoms with E-state index in [4.69, 9.17) is 10.5 Å². The molecule has 0 radical (unpaired) electrons. The molecule has 0 aromatic rings. The van der Waals surface area contributed by atoms with Crippen molar-refractivity contribution < 1.29 is 9.84 Å². The summed E-state index contributed by atoms with van der Waals surface area (Å²) in [5.41, 5.74) is 5.73. The van der Waals surface area contributed by atoms with E-state index in [1.807, 2.05) is 24.3 Å². The van der Waals surface area contributed by atoms with Crippen LogP contribution in [0.15, 0.2) is 24.3 Å². The van der Waals surface area contributed by atoms with Gasteiger partial charge < -0.3 is 15.6 Å². The highest BCUT2D eigenvalue weighted by atomic mass is 16.5. The number of allylic oxidation sites excluding steroid dienone is 3. The van der Waals surface area contributed by atoms with Gasteiger partial charge in [0, 0.05) is 13.0 Å². The second-order valence-corrected chi connectivity index (χ2v) is 3.32. The summed E-state index contributed by atoms with van der Waals surface area (Å²) in [6, 6.07) is -0.300. The molecular formula is C10H17NO2. The SMILES string of the molecule is COCC(N)[C@@H](O)C1C=CC=CC1. The van der Waals surface area contributed by atoms with Crippen LogP contribution in [0.25, 0.3) is 0 Å². The summed E-state index contributed by atoms with van der Waals surface area (Å²) in [6.07, 6.45) is 8.28. The van der Waals surface area contributed by atoms with Crippen LogP contribution < -0.4 is 5.73 Å². The minimum atomic E-state index is -0.513. The van der Waals surface area contributed by atoms with E-state index in [2.05, 4.69) is 0 Å². The molecule has 3 N–H and O–H groups in total. The van der Waals surface area contributed by atoms with Crippen molar-refractivity contribution in [1.29, 1.82) is 0 Å². The van der Waals surface area contributed by atoms with Crippen molar-refractivity contribution in [3.8, 4) is 0 Å². The van der Waals surface area contributed by atoms with Crippen LogP contribution in [0.4, 0.5) is 0 Å². The molecule has 0 spiro atoms. The molecule has 3 heteroatoms. The number of aliphatic hydroxyl groups is 1. The van der Waals surface area contributed by atoms with Crippen molar-refractivity contribution in [2.45, 2.75) is 18.6 Å². The zero-order valence-electron chi connectivity index (χ0n) is 7.89. The molecule has 0 bridgehead atoms. The van der Waals surface area contributed by atoms with Crippen LogP contribution in [0.5, 0.6) is 0 Å². The van der Waals surface area contributed by atoms with E-state index in [9.17, 15) is 5.11 Å². The van der Waals surface area contributed by atoms with Crippen molar-refractivity contribution in [1.82, 2.24) is 0 Å². The van der Waals surface area contributed by atoms with Crippen molar-refractivity contribution in [3.63, 3.8) is 0 Å². The molecular weight excluding hydrogens is 166 g/mol. The van der Waals surface area contributed by atoms with Crippen molar-refractivity contribution in [2.24, 2.45) is 11.7 Å². The Morgan fingerprint density at radius 2 is 2.38 bits per heavy atom. The Labute approximate surface area is 78.9 Å². The minimum Gasteiger partial charge on any atom is -0.391 e. The molecule has 0 saturated heterocycles. The first kappa shape index (κ1) is 10.4. The first-order valence-corrected chi connectivity index (χ1v) is 4.51. The van der Waals surface area contributed by atoms with E-state index in [-0.39, 0.29) is 12.0 Å². The lowest BCUT2D eigenvalue weighted by molar-refractivity contribution is 0.0608. The number of nitrogens with two attached hydrogens (primary N) is 1. The monoisotopic (exact) mass is 183 g/mol. The van der Waals surface area contributed by atoms with Crippen LogP contribution in [-0.4, -0.2) is 31.0 Å². The van der Waals surface area contributed by atoms with Crippen LogP contribution in [-0.2, 0) is 4.74 Å². The molecule has 0 fully saturated rings. The highest BCUT2D eigenvalue weighted by molar-refractivity contribution is 5.12. The van der Waals surface area contributed by atoms with Gasteiger partial charge in [-0.1, -0.05) is 24.3 Å². The second kappa shape index (κ2) is 5.17. The quantitative estimate of drug-likeness (QED) is 0.665. The van der Waals surface area contributed by atoms with Gasteiger partial charge in [0.1, 0.15) is 0 Å². The van der Waals surface area contributed by atoms with E-state index < -0.39 is 6.10 Å². The Kier molecular flexibility index (Phi) is 4.15. The lowest BCUT2D eigenvalue weighted by atomic mass is 9.91. The summed E-state index contributed by atoms with van der Waals surface area (Å²) in [7, 11) is 1.59. The molecule has 0 saturated carbocycles. The average molecular weight is 183 g/mol. The number of ether oxygens (including phenoxy) is 1. The molecule has 1 aliphatic carbocycles. The van der Waals surface area contributed by atoms with E-state index in [0.29, 0.717) is 6.61 Å². The highest BCUT2D eigenvalue weighted by Crippen LogP contribution is 2.17. The van der Waals surface area contributed by atoms with E-state index >= 15 is 0 Å². The Morgan fingerprint density at radius 1 is 1.62 bits per heavy atom. The summed E-state index contributed by atoms with van der Waals surface area (Å²) < 4.78 is 4.89. The number of hydrogen-bond acceptors (Lipinski definition) is 3. The maximum absolute atomic E-state index is 9.78. The summed E-state index contributed by atoms with van der Waals surface area (Å²) in [5, 5.41) is 9.78.